The van der Waals surface area contributed by atoms with Crippen LogP contribution in [0.2, 0.25) is 20.1 Å². The molecule has 3 aromatic carbocycles. The van der Waals surface area contributed by atoms with Crippen LogP contribution in [-0.4, -0.2) is 25.9 Å². The third kappa shape index (κ3) is 4.99. The predicted molar refractivity (Wildman–Crippen MR) is 151 cm³/mol. The molecule has 1 aliphatic rings. The highest BCUT2D eigenvalue weighted by Crippen LogP contribution is 2.65. The Morgan fingerprint density at radius 2 is 1.62 bits per heavy atom. The van der Waals surface area contributed by atoms with Crippen LogP contribution in [0.3, 0.4) is 0 Å². The number of benzene rings is 3. The number of aromatic nitrogens is 2. The molecular weight excluding hydrogens is 601 g/mol. The molecule has 37 heavy (non-hydrogen) atoms. The first-order valence-electron chi connectivity index (χ1n) is 10.8. The number of anilines is 2. The van der Waals surface area contributed by atoms with E-state index in [0.717, 1.165) is 5.52 Å². The zero-order chi connectivity index (χ0) is 26.6. The maximum atomic E-state index is 13.1. The second-order valence-corrected chi connectivity index (χ2v) is 11.7. The minimum atomic E-state index is -1.34. The van der Waals surface area contributed by atoms with Crippen LogP contribution >= 0.6 is 69.6 Å². The number of amides is 2. The summed E-state index contributed by atoms with van der Waals surface area (Å²) >= 11 is 37.7. The Kier molecular flexibility index (Phi) is 7.03. The lowest BCUT2D eigenvalue weighted by atomic mass is 10.1. The van der Waals surface area contributed by atoms with E-state index in [1.54, 1.807) is 48.1 Å². The van der Waals surface area contributed by atoms with Gasteiger partial charge in [-0.2, -0.15) is 5.10 Å². The summed E-state index contributed by atoms with van der Waals surface area (Å²) in [6.07, 6.45) is 0. The van der Waals surface area contributed by atoms with E-state index in [1.165, 1.54) is 12.1 Å². The van der Waals surface area contributed by atoms with Crippen molar-refractivity contribution in [2.75, 3.05) is 10.6 Å². The molecule has 0 unspecified atom stereocenters. The number of aryl methyl sites for hydroxylation is 1. The van der Waals surface area contributed by atoms with Gasteiger partial charge in [0.1, 0.15) is 4.33 Å². The Hall–Kier alpha value is -2.19. The van der Waals surface area contributed by atoms with E-state index < -0.39 is 28.0 Å². The molecule has 1 saturated carbocycles. The van der Waals surface area contributed by atoms with Gasteiger partial charge in [0.25, 0.3) is 5.91 Å². The number of nitrogens with zero attached hydrogens (tertiary/aromatic N) is 2. The van der Waals surface area contributed by atoms with Crippen molar-refractivity contribution in [1.29, 1.82) is 0 Å². The van der Waals surface area contributed by atoms with Crippen molar-refractivity contribution in [3.8, 4) is 0 Å². The van der Waals surface area contributed by atoms with E-state index in [-0.39, 0.29) is 16.4 Å². The molecule has 0 aliphatic heterocycles. The average molecular weight is 617 g/mol. The summed E-state index contributed by atoms with van der Waals surface area (Å²) in [6, 6.07) is 14.8. The fourth-order valence-corrected chi connectivity index (χ4v) is 6.19. The van der Waals surface area contributed by atoms with Crippen LogP contribution in [0.5, 0.6) is 0 Å². The van der Waals surface area contributed by atoms with Crippen LogP contribution in [0.15, 0.2) is 54.6 Å². The summed E-state index contributed by atoms with van der Waals surface area (Å²) in [7, 11) is 1.74. The third-order valence-corrected chi connectivity index (χ3v) is 8.14. The summed E-state index contributed by atoms with van der Waals surface area (Å²) in [5.74, 6) is -1.94. The van der Waals surface area contributed by atoms with Crippen LogP contribution in [-0.2, 0) is 11.8 Å². The van der Waals surface area contributed by atoms with Crippen molar-refractivity contribution >= 4 is 104 Å². The van der Waals surface area contributed by atoms with E-state index >= 15 is 0 Å². The Labute approximate surface area is 241 Å². The van der Waals surface area contributed by atoms with Crippen LogP contribution in [0.1, 0.15) is 21.8 Å². The second-order valence-electron chi connectivity index (χ2n) is 8.58. The average Bonchev–Trinajstić information content (AvgIpc) is 3.26. The Balaban J connectivity index is 1.36. The normalized spacial score (nSPS) is 18.0. The third-order valence-electron chi connectivity index (χ3n) is 6.12. The van der Waals surface area contributed by atoms with E-state index in [9.17, 15) is 9.59 Å². The molecule has 0 spiro atoms. The summed E-state index contributed by atoms with van der Waals surface area (Å²) in [4.78, 5) is 26.2. The standard InChI is InChI=1S/C25H16Cl6N4O2/c1-35-18-4-2-3-17(29)19(18)22(34-35)33-23(36)15-10-14(5-6-16(15)28)32-24(37)21-20(25(21,30)31)11-7-12(26)9-13(27)8-11/h2-10,20-21H,1H3,(H,32,37)(H,33,34,36)/t20-,21+/m0/s1. The number of rotatable bonds is 5. The molecule has 0 saturated heterocycles. The summed E-state index contributed by atoms with van der Waals surface area (Å²) in [5.41, 5.74) is 1.87. The lowest BCUT2D eigenvalue weighted by molar-refractivity contribution is -0.117. The number of hydrogen-bond donors (Lipinski definition) is 2. The smallest absolute Gasteiger partial charge is 0.258 e. The van der Waals surface area contributed by atoms with Gasteiger partial charge in [0.2, 0.25) is 5.91 Å². The highest BCUT2D eigenvalue weighted by atomic mass is 35.5. The molecule has 6 nitrogen and oxygen atoms in total. The van der Waals surface area contributed by atoms with E-state index in [0.29, 0.717) is 31.7 Å². The monoisotopic (exact) mass is 614 g/mol. The van der Waals surface area contributed by atoms with Gasteiger partial charge in [0.05, 0.1) is 32.4 Å². The molecule has 0 radical (unpaired) electrons. The molecule has 0 bridgehead atoms. The maximum absolute atomic E-state index is 13.1. The van der Waals surface area contributed by atoms with E-state index in [2.05, 4.69) is 15.7 Å². The highest BCUT2D eigenvalue weighted by Gasteiger charge is 2.67. The van der Waals surface area contributed by atoms with Gasteiger partial charge in [-0.15, -0.1) is 23.2 Å². The van der Waals surface area contributed by atoms with Gasteiger partial charge in [-0.05, 0) is 54.1 Å². The van der Waals surface area contributed by atoms with E-state index in [4.69, 9.17) is 69.6 Å². The number of nitrogens with one attached hydrogen (secondary N) is 2. The molecular formula is C25H16Cl6N4O2. The summed E-state index contributed by atoms with van der Waals surface area (Å²) < 4.78 is 0.267. The van der Waals surface area contributed by atoms with Crippen molar-refractivity contribution in [1.82, 2.24) is 9.78 Å². The topological polar surface area (TPSA) is 76.0 Å². The van der Waals surface area contributed by atoms with Crippen molar-refractivity contribution in [2.24, 2.45) is 13.0 Å². The Bertz CT molecular complexity index is 1560. The van der Waals surface area contributed by atoms with Gasteiger partial charge >= 0.3 is 0 Å². The van der Waals surface area contributed by atoms with Crippen LogP contribution in [0.25, 0.3) is 10.9 Å². The molecule has 5 rings (SSSR count). The van der Waals surface area contributed by atoms with Gasteiger partial charge in [-0.1, -0.05) is 52.5 Å². The molecule has 190 valence electrons. The molecule has 2 atom stereocenters. The number of carbonyl (C=O) groups excluding carboxylic acids is 2. The van der Waals surface area contributed by atoms with Crippen LogP contribution in [0, 0.1) is 5.92 Å². The first kappa shape index (κ1) is 26.4. The number of carbonyl (C=O) groups is 2. The van der Waals surface area contributed by atoms with Crippen molar-refractivity contribution in [3.05, 3.63) is 85.8 Å². The molecule has 2 amide bonds. The number of fused-ring (bicyclic) bond motifs is 1. The van der Waals surface area contributed by atoms with Gasteiger partial charge < -0.3 is 10.6 Å². The first-order chi connectivity index (χ1) is 17.5. The lowest BCUT2D eigenvalue weighted by Gasteiger charge is -2.10. The fraction of sp³-hybridized carbons (Fsp3) is 0.160. The highest BCUT2D eigenvalue weighted by molar-refractivity contribution is 6.53. The van der Waals surface area contributed by atoms with Gasteiger partial charge in [-0.3, -0.25) is 14.3 Å². The first-order valence-corrected chi connectivity index (χ1v) is 13.1. The minimum Gasteiger partial charge on any atom is -0.326 e. The van der Waals surface area contributed by atoms with Crippen LogP contribution < -0.4 is 10.6 Å². The Morgan fingerprint density at radius 1 is 0.919 bits per heavy atom. The van der Waals surface area contributed by atoms with Gasteiger partial charge in [0.15, 0.2) is 5.82 Å². The van der Waals surface area contributed by atoms with Crippen molar-refractivity contribution in [2.45, 2.75) is 10.3 Å². The van der Waals surface area contributed by atoms with Crippen LogP contribution in [0.4, 0.5) is 11.5 Å². The maximum Gasteiger partial charge on any atom is 0.258 e. The summed E-state index contributed by atoms with van der Waals surface area (Å²) in [5, 5.41) is 11.9. The summed E-state index contributed by atoms with van der Waals surface area (Å²) in [6.45, 7) is 0. The number of alkyl halides is 2. The van der Waals surface area contributed by atoms with Crippen molar-refractivity contribution < 1.29 is 9.59 Å². The predicted octanol–water partition coefficient (Wildman–Crippen LogP) is 7.97. The Morgan fingerprint density at radius 3 is 2.32 bits per heavy atom. The molecule has 1 heterocycles. The SMILES string of the molecule is Cn1nc(NC(=O)c2cc(NC(=O)[C@H]3[C@H](c4cc(Cl)cc(Cl)c4)C3(Cl)Cl)ccc2Cl)c2c(Cl)cccc21. The molecule has 4 aromatic rings. The second kappa shape index (κ2) is 9.84. The molecule has 12 heteroatoms. The largest absolute Gasteiger partial charge is 0.326 e. The fourth-order valence-electron chi connectivity index (χ4n) is 4.35. The molecule has 2 N–H and O–H groups in total. The molecule has 1 aliphatic carbocycles. The quantitative estimate of drug-likeness (QED) is 0.223. The zero-order valence-corrected chi connectivity index (χ0v) is 23.4. The zero-order valence-electron chi connectivity index (χ0n) is 18.8. The van der Waals surface area contributed by atoms with Gasteiger partial charge in [-0.25, -0.2) is 0 Å². The van der Waals surface area contributed by atoms with Gasteiger partial charge in [0, 0.05) is 28.7 Å². The number of hydrogen-bond acceptors (Lipinski definition) is 3. The van der Waals surface area contributed by atoms with E-state index in [1.807, 2.05) is 6.07 Å². The van der Waals surface area contributed by atoms with Crippen molar-refractivity contribution in [3.63, 3.8) is 0 Å². The number of halogens is 6. The lowest BCUT2D eigenvalue weighted by Crippen LogP contribution is -2.18. The molecule has 1 fully saturated rings. The minimum absolute atomic E-state index is 0.127. The molecule has 1 aromatic heterocycles.